The van der Waals surface area contributed by atoms with E-state index in [1.165, 1.54) is 6.07 Å². The SMILES string of the molecule is CCOC(=O)c1cc(C(=O)OCC)n(C)c1. The van der Waals surface area contributed by atoms with Crippen LogP contribution >= 0.6 is 0 Å². The van der Waals surface area contributed by atoms with Crippen molar-refractivity contribution in [3.8, 4) is 0 Å². The topological polar surface area (TPSA) is 57.5 Å². The van der Waals surface area contributed by atoms with E-state index in [1.807, 2.05) is 0 Å². The highest BCUT2D eigenvalue weighted by atomic mass is 16.5. The average Bonchev–Trinajstić information content (AvgIpc) is 2.61. The summed E-state index contributed by atoms with van der Waals surface area (Å²) >= 11 is 0. The molecule has 0 aliphatic carbocycles. The standard InChI is InChI=1S/C11H15NO4/c1-4-15-10(13)8-6-9(12(3)7-8)11(14)16-5-2/h6-7H,4-5H2,1-3H3. The van der Waals surface area contributed by atoms with Crippen LogP contribution in [0.25, 0.3) is 0 Å². The lowest BCUT2D eigenvalue weighted by atomic mass is 10.3. The summed E-state index contributed by atoms with van der Waals surface area (Å²) in [4.78, 5) is 22.9. The molecule has 0 aliphatic heterocycles. The van der Waals surface area contributed by atoms with Gasteiger partial charge in [-0.25, -0.2) is 9.59 Å². The van der Waals surface area contributed by atoms with Gasteiger partial charge in [-0.05, 0) is 19.9 Å². The summed E-state index contributed by atoms with van der Waals surface area (Å²) in [6.45, 7) is 4.07. The van der Waals surface area contributed by atoms with Gasteiger partial charge in [0.1, 0.15) is 5.69 Å². The Balaban J connectivity index is 2.89. The summed E-state index contributed by atoms with van der Waals surface area (Å²) in [5, 5.41) is 0. The molecule has 0 aliphatic rings. The number of aromatic nitrogens is 1. The third-order valence-electron chi connectivity index (χ3n) is 2.00. The van der Waals surface area contributed by atoms with Gasteiger partial charge in [-0.15, -0.1) is 0 Å². The van der Waals surface area contributed by atoms with Crippen LogP contribution in [-0.4, -0.2) is 29.7 Å². The number of esters is 2. The molecule has 0 saturated heterocycles. The van der Waals surface area contributed by atoms with Crippen molar-refractivity contribution in [2.24, 2.45) is 7.05 Å². The van der Waals surface area contributed by atoms with Gasteiger partial charge in [0.25, 0.3) is 0 Å². The predicted octanol–water partition coefficient (Wildman–Crippen LogP) is 1.38. The number of carbonyl (C=O) groups is 2. The zero-order valence-corrected chi connectivity index (χ0v) is 9.65. The maximum Gasteiger partial charge on any atom is 0.354 e. The lowest BCUT2D eigenvalue weighted by Gasteiger charge is -2.01. The summed E-state index contributed by atoms with van der Waals surface area (Å²) in [5.41, 5.74) is 0.692. The summed E-state index contributed by atoms with van der Waals surface area (Å²) in [6, 6.07) is 1.47. The molecule has 0 fully saturated rings. The van der Waals surface area contributed by atoms with Crippen LogP contribution in [0.4, 0.5) is 0 Å². The fraction of sp³-hybridized carbons (Fsp3) is 0.455. The molecule has 5 heteroatoms. The Morgan fingerprint density at radius 1 is 1.19 bits per heavy atom. The molecule has 1 rings (SSSR count). The third-order valence-corrected chi connectivity index (χ3v) is 2.00. The molecule has 1 aromatic heterocycles. The Morgan fingerprint density at radius 3 is 2.31 bits per heavy atom. The second-order valence-electron chi connectivity index (χ2n) is 3.17. The number of ether oxygens (including phenoxy) is 2. The van der Waals surface area contributed by atoms with Gasteiger partial charge in [-0.3, -0.25) is 0 Å². The highest BCUT2D eigenvalue weighted by Crippen LogP contribution is 2.10. The zero-order chi connectivity index (χ0) is 12.1. The van der Waals surface area contributed by atoms with Crippen molar-refractivity contribution in [2.45, 2.75) is 13.8 Å². The Labute approximate surface area is 94.0 Å². The lowest BCUT2D eigenvalue weighted by Crippen LogP contribution is -2.08. The van der Waals surface area contributed by atoms with Crippen LogP contribution in [0.5, 0.6) is 0 Å². The number of nitrogens with zero attached hydrogens (tertiary/aromatic N) is 1. The summed E-state index contributed by atoms with van der Waals surface area (Å²) in [7, 11) is 1.68. The van der Waals surface area contributed by atoms with Crippen molar-refractivity contribution in [1.82, 2.24) is 4.57 Å². The smallest absolute Gasteiger partial charge is 0.354 e. The molecule has 0 amide bonds. The van der Waals surface area contributed by atoms with E-state index in [0.717, 1.165) is 0 Å². The van der Waals surface area contributed by atoms with Crippen molar-refractivity contribution in [1.29, 1.82) is 0 Å². The average molecular weight is 225 g/mol. The first kappa shape index (κ1) is 12.3. The van der Waals surface area contributed by atoms with E-state index in [1.54, 1.807) is 31.7 Å². The van der Waals surface area contributed by atoms with Crippen LogP contribution in [0.1, 0.15) is 34.7 Å². The minimum absolute atomic E-state index is 0.304. The molecular weight excluding hydrogens is 210 g/mol. The van der Waals surface area contributed by atoms with E-state index in [9.17, 15) is 9.59 Å². The first-order valence-corrected chi connectivity index (χ1v) is 5.10. The van der Waals surface area contributed by atoms with Crippen molar-refractivity contribution in [3.63, 3.8) is 0 Å². The number of carbonyl (C=O) groups excluding carboxylic acids is 2. The van der Waals surface area contributed by atoms with Crippen LogP contribution < -0.4 is 0 Å². The van der Waals surface area contributed by atoms with E-state index in [0.29, 0.717) is 24.5 Å². The fourth-order valence-corrected chi connectivity index (χ4v) is 1.30. The summed E-state index contributed by atoms with van der Waals surface area (Å²) in [5.74, 6) is -0.880. The molecule has 0 aromatic carbocycles. The second-order valence-corrected chi connectivity index (χ2v) is 3.17. The van der Waals surface area contributed by atoms with Crippen molar-refractivity contribution < 1.29 is 19.1 Å². The van der Waals surface area contributed by atoms with E-state index in [2.05, 4.69) is 0 Å². The van der Waals surface area contributed by atoms with E-state index in [-0.39, 0.29) is 0 Å². The van der Waals surface area contributed by atoms with Gasteiger partial charge in [0, 0.05) is 13.2 Å². The Kier molecular flexibility index (Phi) is 4.10. The molecule has 5 nitrogen and oxygen atoms in total. The van der Waals surface area contributed by atoms with Crippen LogP contribution in [0, 0.1) is 0 Å². The van der Waals surface area contributed by atoms with Gasteiger partial charge in [0.05, 0.1) is 18.8 Å². The van der Waals surface area contributed by atoms with E-state index in [4.69, 9.17) is 9.47 Å². The third kappa shape index (κ3) is 2.62. The minimum Gasteiger partial charge on any atom is -0.462 e. The highest BCUT2D eigenvalue weighted by molar-refractivity contribution is 5.94. The molecule has 16 heavy (non-hydrogen) atoms. The van der Waals surface area contributed by atoms with Gasteiger partial charge in [-0.2, -0.15) is 0 Å². The molecule has 0 radical (unpaired) electrons. The molecule has 88 valence electrons. The Morgan fingerprint density at radius 2 is 1.75 bits per heavy atom. The van der Waals surface area contributed by atoms with Crippen molar-refractivity contribution in [2.75, 3.05) is 13.2 Å². The first-order valence-electron chi connectivity index (χ1n) is 5.10. The molecule has 0 saturated carbocycles. The molecular formula is C11H15NO4. The normalized spacial score (nSPS) is 9.94. The van der Waals surface area contributed by atoms with E-state index < -0.39 is 11.9 Å². The molecule has 0 spiro atoms. The predicted molar refractivity (Wildman–Crippen MR) is 57.3 cm³/mol. The fourth-order valence-electron chi connectivity index (χ4n) is 1.30. The highest BCUT2D eigenvalue weighted by Gasteiger charge is 2.16. The maximum atomic E-state index is 11.5. The van der Waals surface area contributed by atoms with Gasteiger partial charge < -0.3 is 14.0 Å². The van der Waals surface area contributed by atoms with Crippen LogP contribution in [0.3, 0.4) is 0 Å². The van der Waals surface area contributed by atoms with Gasteiger partial charge in [0.15, 0.2) is 0 Å². The molecule has 0 unspecified atom stereocenters. The second kappa shape index (κ2) is 5.34. The zero-order valence-electron chi connectivity index (χ0n) is 9.65. The Bertz CT molecular complexity index is 395. The van der Waals surface area contributed by atoms with Crippen LogP contribution in [0.15, 0.2) is 12.3 Å². The molecule has 0 bridgehead atoms. The van der Waals surface area contributed by atoms with Gasteiger partial charge in [-0.1, -0.05) is 0 Å². The number of hydrogen-bond donors (Lipinski definition) is 0. The monoisotopic (exact) mass is 225 g/mol. The van der Waals surface area contributed by atoms with Gasteiger partial charge in [0.2, 0.25) is 0 Å². The summed E-state index contributed by atoms with van der Waals surface area (Å²) < 4.78 is 11.2. The number of hydrogen-bond acceptors (Lipinski definition) is 4. The van der Waals surface area contributed by atoms with Crippen LogP contribution in [0.2, 0.25) is 0 Å². The van der Waals surface area contributed by atoms with Crippen LogP contribution in [-0.2, 0) is 16.5 Å². The maximum absolute atomic E-state index is 11.5. The molecule has 0 N–H and O–H groups in total. The van der Waals surface area contributed by atoms with Crippen molar-refractivity contribution >= 4 is 11.9 Å². The number of aryl methyl sites for hydroxylation is 1. The summed E-state index contributed by atoms with van der Waals surface area (Å²) in [6.07, 6.45) is 1.55. The molecule has 1 heterocycles. The first-order chi connectivity index (χ1) is 7.60. The molecule has 0 atom stereocenters. The van der Waals surface area contributed by atoms with Crippen molar-refractivity contribution in [3.05, 3.63) is 23.5 Å². The number of rotatable bonds is 4. The molecule has 1 aromatic rings. The largest absolute Gasteiger partial charge is 0.462 e. The van der Waals surface area contributed by atoms with E-state index >= 15 is 0 Å². The quantitative estimate of drug-likeness (QED) is 0.726. The Hall–Kier alpha value is -1.78. The van der Waals surface area contributed by atoms with Gasteiger partial charge >= 0.3 is 11.9 Å². The lowest BCUT2D eigenvalue weighted by molar-refractivity contribution is 0.0513. The minimum atomic E-state index is -0.444.